The van der Waals surface area contributed by atoms with Crippen LogP contribution in [0.5, 0.6) is 0 Å². The molecule has 0 fully saturated rings. The van der Waals surface area contributed by atoms with Gasteiger partial charge in [-0.15, -0.1) is 0 Å². The standard InChI is InChI=1S/C28H17Br2N3O2S/c29-22-12-6-18(7-13-22)17-31-33(28-32-24-15-14-23(30)16-25(24)36-28)27(35)21-10-8-20(9-11-21)26(34)19-4-2-1-3-5-19/h1-17H/b31-17+. The third kappa shape index (κ3) is 5.36. The van der Waals surface area contributed by atoms with Crippen LogP contribution in [0, 0.1) is 0 Å². The second kappa shape index (κ2) is 10.7. The Morgan fingerprint density at radius 1 is 0.778 bits per heavy atom. The Hall–Kier alpha value is -3.46. The van der Waals surface area contributed by atoms with E-state index in [9.17, 15) is 9.59 Å². The fraction of sp³-hybridized carbons (Fsp3) is 0. The van der Waals surface area contributed by atoms with E-state index in [0.29, 0.717) is 21.8 Å². The maximum atomic E-state index is 13.6. The van der Waals surface area contributed by atoms with Crippen molar-refractivity contribution in [1.82, 2.24) is 4.98 Å². The number of hydrogen-bond acceptors (Lipinski definition) is 5. The van der Waals surface area contributed by atoms with Gasteiger partial charge < -0.3 is 0 Å². The van der Waals surface area contributed by atoms with Gasteiger partial charge in [0.25, 0.3) is 5.91 Å². The zero-order valence-corrected chi connectivity index (χ0v) is 22.6. The van der Waals surface area contributed by atoms with E-state index in [4.69, 9.17) is 0 Å². The summed E-state index contributed by atoms with van der Waals surface area (Å²) in [5.74, 6) is -0.448. The van der Waals surface area contributed by atoms with E-state index in [-0.39, 0.29) is 11.7 Å². The molecule has 0 saturated carbocycles. The highest BCUT2D eigenvalue weighted by atomic mass is 79.9. The quantitative estimate of drug-likeness (QED) is 0.111. The van der Waals surface area contributed by atoms with E-state index in [1.54, 1.807) is 42.6 Å². The molecule has 8 heteroatoms. The summed E-state index contributed by atoms with van der Waals surface area (Å²) in [5, 5.41) is 6.26. The minimum atomic E-state index is -0.347. The number of fused-ring (bicyclic) bond motifs is 1. The summed E-state index contributed by atoms with van der Waals surface area (Å²) in [6.07, 6.45) is 1.62. The molecule has 0 aliphatic carbocycles. The van der Waals surface area contributed by atoms with Crippen molar-refractivity contribution in [2.45, 2.75) is 0 Å². The molecule has 0 spiro atoms. The monoisotopic (exact) mass is 617 g/mol. The Labute approximate surface area is 228 Å². The third-order valence-electron chi connectivity index (χ3n) is 5.34. The number of thiazole rings is 1. The van der Waals surface area contributed by atoms with Gasteiger partial charge in [-0.1, -0.05) is 97.8 Å². The molecule has 0 atom stereocenters. The summed E-state index contributed by atoms with van der Waals surface area (Å²) >= 11 is 8.29. The molecule has 0 unspecified atom stereocenters. The lowest BCUT2D eigenvalue weighted by Gasteiger charge is -2.14. The van der Waals surface area contributed by atoms with Crippen molar-refractivity contribution >= 4 is 76.4 Å². The number of rotatable bonds is 6. The average Bonchev–Trinajstić information content (AvgIpc) is 3.32. The molecule has 0 radical (unpaired) electrons. The SMILES string of the molecule is O=C(c1ccccc1)c1ccc(C(=O)N(/N=C/c2ccc(Br)cc2)c2nc3ccc(Br)cc3s2)cc1. The zero-order chi connectivity index (χ0) is 25.1. The molecular weight excluding hydrogens is 602 g/mol. The van der Waals surface area contributed by atoms with Gasteiger partial charge in [-0.3, -0.25) is 9.59 Å². The van der Waals surface area contributed by atoms with Crippen molar-refractivity contribution in [2.75, 3.05) is 5.01 Å². The van der Waals surface area contributed by atoms with Crippen molar-refractivity contribution in [1.29, 1.82) is 0 Å². The second-order valence-corrected chi connectivity index (χ2v) is 10.6. The number of carbonyl (C=O) groups is 2. The Bertz CT molecular complexity index is 1580. The van der Waals surface area contributed by atoms with Gasteiger partial charge >= 0.3 is 0 Å². The van der Waals surface area contributed by atoms with Crippen LogP contribution in [-0.2, 0) is 0 Å². The van der Waals surface area contributed by atoms with Gasteiger partial charge in [0.05, 0.1) is 16.4 Å². The van der Waals surface area contributed by atoms with Gasteiger partial charge in [-0.2, -0.15) is 10.1 Å². The Morgan fingerprint density at radius 3 is 2.14 bits per heavy atom. The Balaban J connectivity index is 1.48. The molecule has 1 amide bonds. The normalized spacial score (nSPS) is 11.2. The minimum Gasteiger partial charge on any atom is -0.289 e. The van der Waals surface area contributed by atoms with E-state index >= 15 is 0 Å². The molecule has 1 aromatic heterocycles. The van der Waals surface area contributed by atoms with Crippen molar-refractivity contribution in [3.63, 3.8) is 0 Å². The van der Waals surface area contributed by atoms with E-state index in [2.05, 4.69) is 41.9 Å². The van der Waals surface area contributed by atoms with Crippen molar-refractivity contribution in [3.05, 3.63) is 128 Å². The molecule has 0 saturated heterocycles. The van der Waals surface area contributed by atoms with Gasteiger partial charge in [0.2, 0.25) is 5.13 Å². The number of hydrazone groups is 1. The van der Waals surface area contributed by atoms with Crippen LogP contribution >= 0.6 is 43.2 Å². The lowest BCUT2D eigenvalue weighted by Crippen LogP contribution is -2.25. The molecule has 0 aliphatic rings. The smallest absolute Gasteiger partial charge is 0.280 e. The molecule has 1 heterocycles. The summed E-state index contributed by atoms with van der Waals surface area (Å²) in [6.45, 7) is 0. The van der Waals surface area contributed by atoms with Crippen LogP contribution < -0.4 is 5.01 Å². The summed E-state index contributed by atoms with van der Waals surface area (Å²) in [5.41, 5.74) is 3.11. The van der Waals surface area contributed by atoms with Gasteiger partial charge in [0.1, 0.15) is 0 Å². The Morgan fingerprint density at radius 2 is 1.42 bits per heavy atom. The summed E-state index contributed by atoms with van der Waals surface area (Å²) in [7, 11) is 0. The lowest BCUT2D eigenvalue weighted by molar-refractivity contribution is 0.0985. The predicted octanol–water partition coefficient (Wildman–Crippen LogP) is 7.73. The first-order chi connectivity index (χ1) is 17.5. The summed E-state index contributed by atoms with van der Waals surface area (Å²) in [6, 6.07) is 29.0. The highest BCUT2D eigenvalue weighted by molar-refractivity contribution is 9.10. The number of ketones is 1. The van der Waals surface area contributed by atoms with Crippen molar-refractivity contribution in [2.24, 2.45) is 5.10 Å². The molecular formula is C28H17Br2N3O2S. The van der Waals surface area contributed by atoms with Crippen LogP contribution in [0.25, 0.3) is 10.2 Å². The van der Waals surface area contributed by atoms with Crippen molar-refractivity contribution < 1.29 is 9.59 Å². The first-order valence-electron chi connectivity index (χ1n) is 10.9. The van der Waals surface area contributed by atoms with E-state index in [1.165, 1.54) is 16.3 Å². The average molecular weight is 619 g/mol. The van der Waals surface area contributed by atoms with Gasteiger partial charge in [-0.05, 0) is 48.0 Å². The highest BCUT2D eigenvalue weighted by Crippen LogP contribution is 2.32. The summed E-state index contributed by atoms with van der Waals surface area (Å²) in [4.78, 5) is 31.0. The molecule has 0 N–H and O–H groups in total. The minimum absolute atomic E-state index is 0.100. The zero-order valence-electron chi connectivity index (χ0n) is 18.6. The van der Waals surface area contributed by atoms with Crippen LogP contribution in [0.4, 0.5) is 5.13 Å². The number of amides is 1. The fourth-order valence-corrected chi connectivity index (χ4v) is 5.22. The van der Waals surface area contributed by atoms with E-state index in [1.807, 2.05) is 60.7 Å². The molecule has 0 bridgehead atoms. The molecule has 5 aromatic rings. The largest absolute Gasteiger partial charge is 0.289 e. The first-order valence-corrected chi connectivity index (χ1v) is 13.3. The van der Waals surface area contributed by atoms with Crippen molar-refractivity contribution in [3.8, 4) is 0 Å². The third-order valence-corrected chi connectivity index (χ3v) is 7.35. The van der Waals surface area contributed by atoms with Crippen LogP contribution in [-0.4, -0.2) is 22.9 Å². The molecule has 0 aliphatic heterocycles. The number of hydrogen-bond donors (Lipinski definition) is 0. The lowest BCUT2D eigenvalue weighted by atomic mass is 10.0. The predicted molar refractivity (Wildman–Crippen MR) is 152 cm³/mol. The summed E-state index contributed by atoms with van der Waals surface area (Å²) < 4.78 is 2.81. The first kappa shape index (κ1) is 24.2. The van der Waals surface area contributed by atoms with Crippen LogP contribution in [0.2, 0.25) is 0 Å². The number of halogens is 2. The van der Waals surface area contributed by atoms with Crippen LogP contribution in [0.3, 0.4) is 0 Å². The van der Waals surface area contributed by atoms with Gasteiger partial charge in [0.15, 0.2) is 5.78 Å². The number of anilines is 1. The second-order valence-electron chi connectivity index (χ2n) is 7.79. The fourth-order valence-electron chi connectivity index (χ4n) is 3.48. The van der Waals surface area contributed by atoms with Gasteiger partial charge in [-0.25, -0.2) is 4.98 Å². The number of benzene rings is 4. The molecule has 176 valence electrons. The van der Waals surface area contributed by atoms with E-state index < -0.39 is 0 Å². The molecule has 4 aromatic carbocycles. The topological polar surface area (TPSA) is 62.6 Å². The molecule has 5 rings (SSSR count). The van der Waals surface area contributed by atoms with Crippen LogP contribution in [0.15, 0.2) is 111 Å². The number of aromatic nitrogens is 1. The van der Waals surface area contributed by atoms with E-state index in [0.717, 1.165) is 24.7 Å². The number of carbonyl (C=O) groups excluding carboxylic acids is 2. The maximum absolute atomic E-state index is 13.6. The maximum Gasteiger partial charge on any atom is 0.280 e. The Kier molecular flexibility index (Phi) is 7.18. The molecule has 36 heavy (non-hydrogen) atoms. The van der Waals surface area contributed by atoms with Crippen LogP contribution in [0.1, 0.15) is 31.8 Å². The van der Waals surface area contributed by atoms with Gasteiger partial charge in [0, 0.05) is 25.6 Å². The highest BCUT2D eigenvalue weighted by Gasteiger charge is 2.22. The molecule has 5 nitrogen and oxygen atoms in total. The number of nitrogens with zero attached hydrogens (tertiary/aromatic N) is 3.